The van der Waals surface area contributed by atoms with Gasteiger partial charge in [0.15, 0.2) is 6.29 Å². The SMILES string of the molecule is CC(=O)NC1([As](=O)(O)OO)C=CC=CC1.CCOC(OCC)C(=C=O)CCCCCCCCCO. The maximum absolute atomic E-state index is 11.6. The van der Waals surface area contributed by atoms with E-state index in [1.807, 2.05) is 19.8 Å². The van der Waals surface area contributed by atoms with E-state index in [4.69, 9.17) is 19.8 Å². The number of aliphatic hydroxyl groups excluding tert-OH is 1. The summed E-state index contributed by atoms with van der Waals surface area (Å²) in [6.07, 6.45) is 14.1. The molecule has 0 spiro atoms. The molecule has 1 amide bonds. The first-order chi connectivity index (χ1) is 16.7. The Kier molecular flexibility index (Phi) is 18.8. The zero-order valence-electron chi connectivity index (χ0n) is 21.1. The molecule has 35 heavy (non-hydrogen) atoms. The number of hydrogen-bond acceptors (Lipinski definition) is 8. The summed E-state index contributed by atoms with van der Waals surface area (Å²) in [4.78, 5) is 21.9. The summed E-state index contributed by atoms with van der Waals surface area (Å²) in [7, 11) is 0. The van der Waals surface area contributed by atoms with Gasteiger partial charge in [0.25, 0.3) is 0 Å². The molecular weight excluding hydrogens is 521 g/mol. The summed E-state index contributed by atoms with van der Waals surface area (Å²) >= 11 is -5.02. The fourth-order valence-electron chi connectivity index (χ4n) is 3.44. The topological polar surface area (TPSA) is 152 Å². The summed E-state index contributed by atoms with van der Waals surface area (Å²) in [5, 5.41) is 19.4. The van der Waals surface area contributed by atoms with Gasteiger partial charge in [-0.3, -0.25) is 0 Å². The summed E-state index contributed by atoms with van der Waals surface area (Å²) < 4.78 is 34.1. The molecule has 4 N–H and O–H groups in total. The smallest absolute Gasteiger partial charge is 0.190 e. The molecule has 11 heteroatoms. The first-order valence-corrected chi connectivity index (χ1v) is 15.4. The molecular formula is C24H42AsNO9. The average Bonchev–Trinajstić information content (AvgIpc) is 2.83. The Labute approximate surface area is 211 Å². The summed E-state index contributed by atoms with van der Waals surface area (Å²) in [6, 6.07) is 0. The maximum atomic E-state index is 11.6. The first kappa shape index (κ1) is 33.5. The van der Waals surface area contributed by atoms with Gasteiger partial charge in [0.1, 0.15) is 5.94 Å². The predicted octanol–water partition coefficient (Wildman–Crippen LogP) is 3.02. The van der Waals surface area contributed by atoms with Gasteiger partial charge in [-0.05, 0) is 33.1 Å². The molecule has 0 heterocycles. The summed E-state index contributed by atoms with van der Waals surface area (Å²) in [5.74, 6) is 1.51. The van der Waals surface area contributed by atoms with E-state index >= 15 is 0 Å². The van der Waals surface area contributed by atoms with E-state index in [1.165, 1.54) is 38.3 Å². The van der Waals surface area contributed by atoms with Gasteiger partial charge in [-0.1, -0.05) is 32.1 Å². The maximum Gasteiger partial charge on any atom is 0.190 e. The third kappa shape index (κ3) is 13.4. The predicted molar refractivity (Wildman–Crippen MR) is 132 cm³/mol. The minimum absolute atomic E-state index is 0.108. The second kappa shape index (κ2) is 19.7. The van der Waals surface area contributed by atoms with Crippen molar-refractivity contribution in [3.8, 4) is 0 Å². The zero-order valence-corrected chi connectivity index (χ0v) is 23.0. The normalized spacial score (nSPS) is 18.4. The first-order valence-electron chi connectivity index (χ1n) is 12.1. The number of carbonyl (C=O) groups excluding carboxylic acids is 2. The number of unbranched alkanes of at least 4 members (excludes halogenated alkanes) is 6. The van der Waals surface area contributed by atoms with E-state index in [2.05, 4.69) is 9.19 Å². The summed E-state index contributed by atoms with van der Waals surface area (Å²) in [5.41, 5.74) is 0.592. The minimum Gasteiger partial charge on any atom is -0.396 e. The molecule has 0 fully saturated rings. The van der Waals surface area contributed by atoms with Crippen molar-refractivity contribution in [3.63, 3.8) is 0 Å². The van der Waals surface area contributed by atoms with Gasteiger partial charge in [0, 0.05) is 19.8 Å². The molecule has 0 aromatic carbocycles. The van der Waals surface area contributed by atoms with Crippen LogP contribution in [-0.2, 0) is 26.7 Å². The average molecular weight is 564 g/mol. The molecule has 10 nitrogen and oxygen atoms in total. The van der Waals surface area contributed by atoms with Crippen molar-refractivity contribution in [2.45, 2.75) is 89.2 Å². The van der Waals surface area contributed by atoms with Gasteiger partial charge in [0.05, 0.1) is 5.57 Å². The number of amides is 1. The van der Waals surface area contributed by atoms with Crippen molar-refractivity contribution >= 4 is 26.0 Å². The van der Waals surface area contributed by atoms with Gasteiger partial charge in [-0.25, -0.2) is 4.79 Å². The van der Waals surface area contributed by atoms with Gasteiger partial charge in [-0.2, -0.15) is 0 Å². The van der Waals surface area contributed by atoms with Crippen LogP contribution >= 0.6 is 0 Å². The standard InChI is InChI=1S/C16H30O4.C8H12AsNO5/c1-3-19-16(20-4-2)15(14-18)12-10-8-6-5-7-9-11-13-17;1-7(11)10-8(9(12,13)15-14)5-3-2-4-6-8/h16-17H,3-13H2,1-2H3;2-5,14H,6H2,1H3,(H,10,11)(H,12,13). The number of carbonyl (C=O) groups is 1. The Hall–Kier alpha value is -1.48. The number of aliphatic hydroxyl groups is 1. The Morgan fingerprint density at radius 3 is 2.09 bits per heavy atom. The Bertz CT molecular complexity index is 743. The van der Waals surface area contributed by atoms with Crippen molar-refractivity contribution in [3.05, 3.63) is 29.9 Å². The summed E-state index contributed by atoms with van der Waals surface area (Å²) in [6.45, 7) is 6.36. The molecule has 0 saturated heterocycles. The number of nitrogens with one attached hydrogen (secondary N) is 1. The van der Waals surface area contributed by atoms with Gasteiger partial charge in [0.2, 0.25) is 0 Å². The quantitative estimate of drug-likeness (QED) is 0.0523. The van der Waals surface area contributed by atoms with Gasteiger partial charge in [-0.15, -0.1) is 0 Å². The number of rotatable bonds is 17. The van der Waals surface area contributed by atoms with E-state index in [1.54, 1.807) is 12.2 Å². The van der Waals surface area contributed by atoms with Crippen LogP contribution in [0, 0.1) is 0 Å². The minimum atomic E-state index is -5.02. The fourth-order valence-corrected chi connectivity index (χ4v) is 5.65. The molecule has 0 aromatic heterocycles. The molecule has 0 aliphatic heterocycles. The van der Waals surface area contributed by atoms with Crippen LogP contribution in [0.25, 0.3) is 0 Å². The van der Waals surface area contributed by atoms with Crippen LogP contribution in [0.3, 0.4) is 0 Å². The van der Waals surface area contributed by atoms with Crippen molar-refractivity contribution in [2.75, 3.05) is 19.8 Å². The second-order valence-corrected chi connectivity index (χ2v) is 12.2. The Morgan fingerprint density at radius 1 is 1.09 bits per heavy atom. The molecule has 0 saturated carbocycles. The molecule has 2 unspecified atom stereocenters. The fraction of sp³-hybridized carbons (Fsp3) is 0.708. The van der Waals surface area contributed by atoms with Crippen molar-refractivity contribution in [1.82, 2.24) is 5.32 Å². The van der Waals surface area contributed by atoms with Crippen LogP contribution in [0.1, 0.15) is 78.6 Å². The molecule has 1 rings (SSSR count). The van der Waals surface area contributed by atoms with E-state index in [9.17, 15) is 17.4 Å². The van der Waals surface area contributed by atoms with E-state index in [-0.39, 0.29) is 6.42 Å². The van der Waals surface area contributed by atoms with E-state index < -0.39 is 30.7 Å². The number of hydrogen-bond donors (Lipinski definition) is 4. The van der Waals surface area contributed by atoms with Crippen LogP contribution < -0.4 is 5.32 Å². The second-order valence-electron chi connectivity index (χ2n) is 8.02. The van der Waals surface area contributed by atoms with Crippen LogP contribution in [0.4, 0.5) is 0 Å². The monoisotopic (exact) mass is 563 g/mol. The van der Waals surface area contributed by atoms with Gasteiger partial charge < -0.3 is 14.6 Å². The van der Waals surface area contributed by atoms with Crippen LogP contribution in [0.15, 0.2) is 29.9 Å². The molecule has 1 aliphatic carbocycles. The van der Waals surface area contributed by atoms with E-state index in [0.717, 1.165) is 25.7 Å². The molecule has 202 valence electrons. The van der Waals surface area contributed by atoms with Crippen molar-refractivity contribution in [1.29, 1.82) is 0 Å². The molecule has 2 atom stereocenters. The van der Waals surface area contributed by atoms with Crippen molar-refractivity contribution < 1.29 is 41.1 Å². The van der Waals surface area contributed by atoms with Gasteiger partial charge >= 0.3 is 89.1 Å². The third-order valence-electron chi connectivity index (χ3n) is 5.21. The van der Waals surface area contributed by atoms with Crippen LogP contribution in [-0.4, -0.2) is 70.9 Å². The van der Waals surface area contributed by atoms with Crippen LogP contribution in [0.5, 0.6) is 0 Å². The van der Waals surface area contributed by atoms with Crippen LogP contribution in [0.2, 0.25) is 0 Å². The molecule has 0 aromatic rings. The van der Waals surface area contributed by atoms with E-state index in [0.29, 0.717) is 31.8 Å². The zero-order chi connectivity index (χ0) is 26.6. The molecule has 0 radical (unpaired) electrons. The van der Waals surface area contributed by atoms with Crippen molar-refractivity contribution in [2.24, 2.45) is 0 Å². The largest absolute Gasteiger partial charge is 0.396 e. The number of ether oxygens (including phenoxy) is 2. The Balaban J connectivity index is 0.000000686. The number of allylic oxidation sites excluding steroid dienone is 2. The Morgan fingerprint density at radius 2 is 1.66 bits per heavy atom. The molecule has 1 aliphatic rings. The molecule has 0 bridgehead atoms. The third-order valence-corrected chi connectivity index (χ3v) is 8.72.